The summed E-state index contributed by atoms with van der Waals surface area (Å²) in [5, 5.41) is 8.47. The van der Waals surface area contributed by atoms with Gasteiger partial charge in [0.1, 0.15) is 0 Å². The van der Waals surface area contributed by atoms with Crippen molar-refractivity contribution in [1.82, 2.24) is 0 Å². The van der Waals surface area contributed by atoms with Gasteiger partial charge >= 0.3 is 5.97 Å². The van der Waals surface area contributed by atoms with E-state index in [2.05, 4.69) is 0 Å². The van der Waals surface area contributed by atoms with Gasteiger partial charge in [0.25, 0.3) is 0 Å². The second kappa shape index (κ2) is 5.57. The summed E-state index contributed by atoms with van der Waals surface area (Å²) in [4.78, 5) is 20.8. The molecular weight excluding hydrogens is 158 g/mol. The van der Waals surface area contributed by atoms with Gasteiger partial charge < -0.3 is 10.8 Å². The van der Waals surface area contributed by atoms with E-state index in [0.29, 0.717) is 0 Å². The van der Waals surface area contributed by atoms with Gasteiger partial charge in [-0.05, 0) is 12.3 Å². The van der Waals surface area contributed by atoms with E-state index < -0.39 is 11.9 Å². The third-order valence-corrected chi connectivity index (χ3v) is 1.65. The van der Waals surface area contributed by atoms with Crippen molar-refractivity contribution in [3.63, 3.8) is 0 Å². The molecule has 0 fully saturated rings. The Morgan fingerprint density at radius 3 is 2.33 bits per heavy atom. The van der Waals surface area contributed by atoms with Crippen LogP contribution in [-0.4, -0.2) is 17.0 Å². The standard InChI is InChI=1S/C8H15NO3/c1-2-3-6(4-7(9)10)5-8(11)12/h6H,2-5H2,1H3,(H2,9,10)(H,11,12)/t6-/m0/s1. The van der Waals surface area contributed by atoms with Gasteiger partial charge in [0, 0.05) is 12.8 Å². The fourth-order valence-corrected chi connectivity index (χ4v) is 1.22. The smallest absolute Gasteiger partial charge is 0.303 e. The highest BCUT2D eigenvalue weighted by Gasteiger charge is 2.14. The number of aliphatic carboxylic acids is 1. The van der Waals surface area contributed by atoms with Gasteiger partial charge in [-0.1, -0.05) is 13.3 Å². The number of primary amides is 1. The first kappa shape index (κ1) is 10.9. The lowest BCUT2D eigenvalue weighted by atomic mass is 9.96. The van der Waals surface area contributed by atoms with Crippen LogP contribution in [0.3, 0.4) is 0 Å². The predicted molar refractivity (Wildman–Crippen MR) is 44.5 cm³/mol. The topological polar surface area (TPSA) is 80.4 Å². The zero-order valence-corrected chi connectivity index (χ0v) is 7.25. The van der Waals surface area contributed by atoms with Gasteiger partial charge in [0.2, 0.25) is 5.91 Å². The molecule has 0 saturated heterocycles. The summed E-state index contributed by atoms with van der Waals surface area (Å²) in [6.45, 7) is 1.95. The minimum Gasteiger partial charge on any atom is -0.481 e. The van der Waals surface area contributed by atoms with Crippen LogP contribution in [0.2, 0.25) is 0 Å². The third kappa shape index (κ3) is 5.70. The molecule has 0 aliphatic carbocycles. The van der Waals surface area contributed by atoms with Crippen LogP contribution in [0.1, 0.15) is 32.6 Å². The molecule has 1 amide bonds. The molecular formula is C8H15NO3. The van der Waals surface area contributed by atoms with Crippen molar-refractivity contribution in [3.05, 3.63) is 0 Å². The minimum atomic E-state index is -0.866. The van der Waals surface area contributed by atoms with Crippen molar-refractivity contribution in [1.29, 1.82) is 0 Å². The van der Waals surface area contributed by atoms with Gasteiger partial charge in [0.05, 0.1) is 0 Å². The number of hydrogen-bond acceptors (Lipinski definition) is 2. The molecule has 1 atom stereocenters. The van der Waals surface area contributed by atoms with Crippen molar-refractivity contribution in [2.24, 2.45) is 11.7 Å². The van der Waals surface area contributed by atoms with Crippen molar-refractivity contribution in [2.45, 2.75) is 32.6 Å². The number of amides is 1. The van der Waals surface area contributed by atoms with E-state index in [0.717, 1.165) is 12.8 Å². The molecule has 0 unspecified atom stereocenters. The Morgan fingerprint density at radius 1 is 1.42 bits per heavy atom. The van der Waals surface area contributed by atoms with Crippen LogP contribution in [0.4, 0.5) is 0 Å². The third-order valence-electron chi connectivity index (χ3n) is 1.65. The molecule has 4 heteroatoms. The van der Waals surface area contributed by atoms with Crippen LogP contribution in [0.25, 0.3) is 0 Å². The summed E-state index contributed by atoms with van der Waals surface area (Å²) in [7, 11) is 0. The maximum Gasteiger partial charge on any atom is 0.303 e. The molecule has 0 aliphatic rings. The van der Waals surface area contributed by atoms with Crippen LogP contribution < -0.4 is 5.73 Å². The molecule has 0 spiro atoms. The Hall–Kier alpha value is -1.06. The second-order valence-electron chi connectivity index (χ2n) is 2.92. The van der Waals surface area contributed by atoms with E-state index in [9.17, 15) is 9.59 Å². The summed E-state index contributed by atoms with van der Waals surface area (Å²) in [6.07, 6.45) is 1.84. The number of carbonyl (C=O) groups excluding carboxylic acids is 1. The lowest BCUT2D eigenvalue weighted by Gasteiger charge is -2.10. The van der Waals surface area contributed by atoms with E-state index in [1.54, 1.807) is 0 Å². The van der Waals surface area contributed by atoms with Crippen molar-refractivity contribution < 1.29 is 14.7 Å². The lowest BCUT2D eigenvalue weighted by Crippen LogP contribution is -2.18. The van der Waals surface area contributed by atoms with Crippen LogP contribution in [0.5, 0.6) is 0 Å². The summed E-state index contributed by atoms with van der Waals surface area (Å²) in [6, 6.07) is 0. The number of nitrogens with two attached hydrogens (primary N) is 1. The zero-order chi connectivity index (χ0) is 9.56. The van der Waals surface area contributed by atoms with E-state index in [4.69, 9.17) is 10.8 Å². The summed E-state index contributed by atoms with van der Waals surface area (Å²) >= 11 is 0. The van der Waals surface area contributed by atoms with Crippen LogP contribution >= 0.6 is 0 Å². The van der Waals surface area contributed by atoms with Gasteiger partial charge in [-0.2, -0.15) is 0 Å². The molecule has 0 aromatic heterocycles. The highest BCUT2D eigenvalue weighted by atomic mass is 16.4. The summed E-state index contributed by atoms with van der Waals surface area (Å²) in [5.74, 6) is -1.38. The average Bonchev–Trinajstić information content (AvgIpc) is 1.84. The summed E-state index contributed by atoms with van der Waals surface area (Å²) in [5.41, 5.74) is 4.97. The van der Waals surface area contributed by atoms with Crippen molar-refractivity contribution in [3.8, 4) is 0 Å². The molecule has 0 aromatic rings. The van der Waals surface area contributed by atoms with E-state index in [-0.39, 0.29) is 18.8 Å². The highest BCUT2D eigenvalue weighted by Crippen LogP contribution is 2.14. The second-order valence-corrected chi connectivity index (χ2v) is 2.92. The van der Waals surface area contributed by atoms with E-state index in [1.807, 2.05) is 6.92 Å². The van der Waals surface area contributed by atoms with Crippen LogP contribution in [-0.2, 0) is 9.59 Å². The molecule has 0 bridgehead atoms. The largest absolute Gasteiger partial charge is 0.481 e. The quantitative estimate of drug-likeness (QED) is 0.622. The average molecular weight is 173 g/mol. The maximum atomic E-state index is 10.5. The fourth-order valence-electron chi connectivity index (χ4n) is 1.22. The Morgan fingerprint density at radius 2 is 2.00 bits per heavy atom. The van der Waals surface area contributed by atoms with Crippen molar-refractivity contribution in [2.75, 3.05) is 0 Å². The van der Waals surface area contributed by atoms with E-state index >= 15 is 0 Å². The van der Waals surface area contributed by atoms with Gasteiger partial charge in [0.15, 0.2) is 0 Å². The minimum absolute atomic E-state index is 0.0385. The van der Waals surface area contributed by atoms with Crippen LogP contribution in [0, 0.1) is 5.92 Å². The number of hydrogen-bond donors (Lipinski definition) is 2. The molecule has 0 rings (SSSR count). The molecule has 0 saturated carbocycles. The number of rotatable bonds is 6. The first-order valence-corrected chi connectivity index (χ1v) is 4.06. The normalized spacial score (nSPS) is 12.4. The van der Waals surface area contributed by atoms with Gasteiger partial charge in [-0.3, -0.25) is 9.59 Å². The maximum absolute atomic E-state index is 10.5. The number of carbonyl (C=O) groups is 2. The molecule has 4 nitrogen and oxygen atoms in total. The summed E-state index contributed by atoms with van der Waals surface area (Å²) < 4.78 is 0. The Labute approximate surface area is 71.8 Å². The molecule has 3 N–H and O–H groups in total. The number of carboxylic acid groups (broad SMARTS) is 1. The first-order valence-electron chi connectivity index (χ1n) is 4.06. The highest BCUT2D eigenvalue weighted by molar-refractivity contribution is 5.75. The van der Waals surface area contributed by atoms with Gasteiger partial charge in [-0.15, -0.1) is 0 Å². The Balaban J connectivity index is 3.85. The molecule has 0 heterocycles. The molecule has 12 heavy (non-hydrogen) atoms. The van der Waals surface area contributed by atoms with Crippen molar-refractivity contribution >= 4 is 11.9 Å². The predicted octanol–water partition coefficient (Wildman–Crippen LogP) is 0.753. The van der Waals surface area contributed by atoms with Crippen LogP contribution in [0.15, 0.2) is 0 Å². The SMILES string of the molecule is CCC[C@@H](CC(N)=O)CC(=O)O. The fraction of sp³-hybridized carbons (Fsp3) is 0.750. The molecule has 0 aromatic carbocycles. The molecule has 70 valence electrons. The Kier molecular flexibility index (Phi) is 5.08. The first-order chi connectivity index (χ1) is 5.56. The van der Waals surface area contributed by atoms with E-state index in [1.165, 1.54) is 0 Å². The zero-order valence-electron chi connectivity index (χ0n) is 7.25. The molecule has 0 radical (unpaired) electrons. The lowest BCUT2D eigenvalue weighted by molar-refractivity contribution is -0.138. The molecule has 0 aliphatic heterocycles. The Bertz CT molecular complexity index is 152. The number of carboxylic acids is 1. The monoisotopic (exact) mass is 173 g/mol. The van der Waals surface area contributed by atoms with Gasteiger partial charge in [-0.25, -0.2) is 0 Å².